The number of nitrogens with two attached hydrogens (primary N) is 1. The van der Waals surface area contributed by atoms with Crippen LogP contribution in [0.4, 0.5) is 0 Å². The van der Waals surface area contributed by atoms with E-state index in [4.69, 9.17) is 5.73 Å². The van der Waals surface area contributed by atoms with Crippen molar-refractivity contribution in [1.29, 1.82) is 0 Å². The van der Waals surface area contributed by atoms with E-state index in [1.807, 2.05) is 6.92 Å². The number of aromatic nitrogens is 1. The number of nitrogens with one attached hydrogen (secondary N) is 1. The van der Waals surface area contributed by atoms with Gasteiger partial charge in [-0.05, 0) is 6.07 Å². The first-order valence-electron chi connectivity index (χ1n) is 3.62. The van der Waals surface area contributed by atoms with Crippen molar-refractivity contribution in [3.8, 4) is 0 Å². The standard InChI is InChI=1S/C8H12N2O/c1-6(4-9)8(11)7-2-3-10-5-7/h2-3,5-6,10H,4,9H2,1H3. The van der Waals surface area contributed by atoms with Crippen molar-refractivity contribution in [3.05, 3.63) is 24.0 Å². The Morgan fingerprint density at radius 1 is 1.82 bits per heavy atom. The van der Waals surface area contributed by atoms with E-state index in [0.29, 0.717) is 12.1 Å². The van der Waals surface area contributed by atoms with Crippen LogP contribution in [0, 0.1) is 5.92 Å². The largest absolute Gasteiger partial charge is 0.367 e. The van der Waals surface area contributed by atoms with E-state index in [1.165, 1.54) is 0 Å². The fourth-order valence-electron chi connectivity index (χ4n) is 0.869. The van der Waals surface area contributed by atoms with E-state index in [-0.39, 0.29) is 11.7 Å². The summed E-state index contributed by atoms with van der Waals surface area (Å²) in [6, 6.07) is 1.76. The van der Waals surface area contributed by atoms with Gasteiger partial charge in [-0.3, -0.25) is 4.79 Å². The third-order valence-corrected chi connectivity index (χ3v) is 1.68. The molecule has 1 unspecified atom stereocenters. The molecule has 3 heteroatoms. The van der Waals surface area contributed by atoms with E-state index in [0.717, 1.165) is 0 Å². The van der Waals surface area contributed by atoms with E-state index >= 15 is 0 Å². The van der Waals surface area contributed by atoms with Crippen molar-refractivity contribution in [2.45, 2.75) is 6.92 Å². The van der Waals surface area contributed by atoms with Gasteiger partial charge >= 0.3 is 0 Å². The number of rotatable bonds is 3. The minimum Gasteiger partial charge on any atom is -0.367 e. The molecule has 0 aliphatic heterocycles. The Bertz CT molecular complexity index is 228. The topological polar surface area (TPSA) is 58.9 Å². The van der Waals surface area contributed by atoms with Crippen LogP contribution in [0.5, 0.6) is 0 Å². The number of H-pyrrole nitrogens is 1. The molecule has 11 heavy (non-hydrogen) atoms. The highest BCUT2D eigenvalue weighted by Gasteiger charge is 2.12. The SMILES string of the molecule is CC(CN)C(=O)c1cc[nH]c1. The second-order valence-electron chi connectivity index (χ2n) is 2.60. The maximum absolute atomic E-state index is 11.3. The molecule has 0 aliphatic rings. The molecule has 0 saturated carbocycles. The van der Waals surface area contributed by atoms with Crippen LogP contribution >= 0.6 is 0 Å². The maximum Gasteiger partial charge on any atom is 0.168 e. The number of aromatic amines is 1. The van der Waals surface area contributed by atoms with Crippen LogP contribution in [0.3, 0.4) is 0 Å². The molecule has 3 nitrogen and oxygen atoms in total. The summed E-state index contributed by atoms with van der Waals surface area (Å²) in [5.74, 6) is 0.0274. The van der Waals surface area contributed by atoms with E-state index < -0.39 is 0 Å². The smallest absolute Gasteiger partial charge is 0.168 e. The van der Waals surface area contributed by atoms with Crippen molar-refractivity contribution in [2.75, 3.05) is 6.54 Å². The first kappa shape index (κ1) is 8.01. The van der Waals surface area contributed by atoms with Crippen molar-refractivity contribution < 1.29 is 4.79 Å². The zero-order chi connectivity index (χ0) is 8.27. The zero-order valence-corrected chi connectivity index (χ0v) is 6.50. The summed E-state index contributed by atoms with van der Waals surface area (Å²) in [6.45, 7) is 2.24. The van der Waals surface area contributed by atoms with Gasteiger partial charge in [-0.1, -0.05) is 6.92 Å². The van der Waals surface area contributed by atoms with Crippen LogP contribution in [-0.2, 0) is 0 Å². The fourth-order valence-corrected chi connectivity index (χ4v) is 0.869. The van der Waals surface area contributed by atoms with E-state index in [9.17, 15) is 4.79 Å². The highest BCUT2D eigenvalue weighted by atomic mass is 16.1. The van der Waals surface area contributed by atoms with Crippen LogP contribution in [0.25, 0.3) is 0 Å². The van der Waals surface area contributed by atoms with Crippen LogP contribution < -0.4 is 5.73 Å². The lowest BCUT2D eigenvalue weighted by Crippen LogP contribution is -2.20. The van der Waals surface area contributed by atoms with Gasteiger partial charge in [0.15, 0.2) is 5.78 Å². The molecule has 1 heterocycles. The van der Waals surface area contributed by atoms with Crippen molar-refractivity contribution >= 4 is 5.78 Å². The first-order chi connectivity index (χ1) is 5.25. The normalized spacial score (nSPS) is 12.9. The zero-order valence-electron chi connectivity index (χ0n) is 6.50. The van der Waals surface area contributed by atoms with Gasteiger partial charge in [0, 0.05) is 30.4 Å². The number of Topliss-reactive ketones (excluding diaryl/α,β-unsaturated/α-hetero) is 1. The van der Waals surface area contributed by atoms with Crippen molar-refractivity contribution in [2.24, 2.45) is 11.7 Å². The van der Waals surface area contributed by atoms with Gasteiger partial charge in [0.2, 0.25) is 0 Å². The molecule has 0 bridgehead atoms. The molecular weight excluding hydrogens is 140 g/mol. The third-order valence-electron chi connectivity index (χ3n) is 1.68. The predicted molar refractivity (Wildman–Crippen MR) is 43.3 cm³/mol. The molecule has 0 spiro atoms. The minimum atomic E-state index is -0.0780. The lowest BCUT2D eigenvalue weighted by molar-refractivity contribution is 0.0934. The highest BCUT2D eigenvalue weighted by Crippen LogP contribution is 2.05. The Labute approximate surface area is 65.6 Å². The maximum atomic E-state index is 11.3. The Balaban J connectivity index is 2.70. The average molecular weight is 152 g/mol. The lowest BCUT2D eigenvalue weighted by atomic mass is 10.0. The molecule has 0 aliphatic carbocycles. The molecule has 0 aromatic carbocycles. The van der Waals surface area contributed by atoms with Gasteiger partial charge in [-0.2, -0.15) is 0 Å². The number of hydrogen-bond donors (Lipinski definition) is 2. The summed E-state index contributed by atoms with van der Waals surface area (Å²) >= 11 is 0. The molecule has 1 aromatic heterocycles. The summed E-state index contributed by atoms with van der Waals surface area (Å²) in [6.07, 6.45) is 3.42. The number of ketones is 1. The van der Waals surface area contributed by atoms with Crippen LogP contribution in [0.1, 0.15) is 17.3 Å². The Kier molecular flexibility index (Phi) is 2.44. The van der Waals surface area contributed by atoms with E-state index in [2.05, 4.69) is 4.98 Å². The highest BCUT2D eigenvalue weighted by molar-refractivity contribution is 5.97. The Morgan fingerprint density at radius 3 is 3.00 bits per heavy atom. The number of carbonyl (C=O) groups is 1. The molecule has 0 radical (unpaired) electrons. The van der Waals surface area contributed by atoms with Crippen molar-refractivity contribution in [1.82, 2.24) is 4.98 Å². The number of hydrogen-bond acceptors (Lipinski definition) is 2. The monoisotopic (exact) mass is 152 g/mol. The Morgan fingerprint density at radius 2 is 2.55 bits per heavy atom. The third kappa shape index (κ3) is 1.68. The summed E-state index contributed by atoms with van der Waals surface area (Å²) < 4.78 is 0. The minimum absolute atomic E-state index is 0.0780. The van der Waals surface area contributed by atoms with Crippen LogP contribution in [-0.4, -0.2) is 17.3 Å². The van der Waals surface area contributed by atoms with Gasteiger partial charge in [0.05, 0.1) is 0 Å². The average Bonchev–Trinajstić information content (AvgIpc) is 2.53. The van der Waals surface area contributed by atoms with Gasteiger partial charge in [0.1, 0.15) is 0 Å². The molecule has 0 fully saturated rings. The molecule has 1 rings (SSSR count). The summed E-state index contributed by atoms with van der Waals surface area (Å²) in [4.78, 5) is 14.2. The Hall–Kier alpha value is -1.09. The summed E-state index contributed by atoms with van der Waals surface area (Å²) in [5, 5.41) is 0. The van der Waals surface area contributed by atoms with Gasteiger partial charge in [0.25, 0.3) is 0 Å². The van der Waals surface area contributed by atoms with Gasteiger partial charge < -0.3 is 10.7 Å². The van der Waals surface area contributed by atoms with Gasteiger partial charge in [-0.15, -0.1) is 0 Å². The first-order valence-corrected chi connectivity index (χ1v) is 3.62. The molecular formula is C8H12N2O. The second kappa shape index (κ2) is 3.34. The summed E-state index contributed by atoms with van der Waals surface area (Å²) in [7, 11) is 0. The lowest BCUT2D eigenvalue weighted by Gasteiger charge is -2.03. The summed E-state index contributed by atoms with van der Waals surface area (Å²) in [5.41, 5.74) is 6.06. The quantitative estimate of drug-likeness (QED) is 0.629. The molecule has 3 N–H and O–H groups in total. The predicted octanol–water partition coefficient (Wildman–Crippen LogP) is 0.792. The molecule has 60 valence electrons. The molecule has 1 atom stereocenters. The molecule has 0 saturated heterocycles. The van der Waals surface area contributed by atoms with Crippen LogP contribution in [0.2, 0.25) is 0 Å². The molecule has 1 aromatic rings. The number of carbonyl (C=O) groups excluding carboxylic acids is 1. The van der Waals surface area contributed by atoms with E-state index in [1.54, 1.807) is 18.5 Å². The van der Waals surface area contributed by atoms with Crippen molar-refractivity contribution in [3.63, 3.8) is 0 Å². The van der Waals surface area contributed by atoms with Crippen LogP contribution in [0.15, 0.2) is 18.5 Å². The molecule has 0 amide bonds. The second-order valence-corrected chi connectivity index (χ2v) is 2.60. The van der Waals surface area contributed by atoms with Gasteiger partial charge in [-0.25, -0.2) is 0 Å². The fraction of sp³-hybridized carbons (Fsp3) is 0.375.